The summed E-state index contributed by atoms with van der Waals surface area (Å²) in [5.74, 6) is -1.37. The van der Waals surface area contributed by atoms with Gasteiger partial charge in [-0.05, 0) is 31.9 Å². The number of likely N-dealkylation sites (N-methyl/N-ethyl adjacent to an activating group) is 1. The molecule has 0 bridgehead atoms. The second-order valence-electron chi connectivity index (χ2n) is 6.28. The van der Waals surface area contributed by atoms with Crippen molar-refractivity contribution in [3.05, 3.63) is 30.3 Å². The minimum absolute atomic E-state index is 0.0896. The first-order valence-electron chi connectivity index (χ1n) is 8.35. The predicted octanol–water partition coefficient (Wildman–Crippen LogP) is 1.24. The van der Waals surface area contributed by atoms with Gasteiger partial charge < -0.3 is 19.6 Å². The van der Waals surface area contributed by atoms with E-state index in [1.165, 1.54) is 9.80 Å². The number of carbonyl (C=O) groups excluding carboxylic acids is 2. The van der Waals surface area contributed by atoms with Gasteiger partial charge in [-0.15, -0.1) is 0 Å². The van der Waals surface area contributed by atoms with E-state index in [2.05, 4.69) is 0 Å². The van der Waals surface area contributed by atoms with Gasteiger partial charge in [0.2, 0.25) is 5.91 Å². The molecule has 1 aromatic carbocycles. The lowest BCUT2D eigenvalue weighted by Gasteiger charge is -2.32. The number of aliphatic carboxylic acids is 1. The predicted molar refractivity (Wildman–Crippen MR) is 91.1 cm³/mol. The number of likely N-dealkylation sites (tertiary alicyclic amines) is 1. The van der Waals surface area contributed by atoms with Gasteiger partial charge >= 0.3 is 5.97 Å². The summed E-state index contributed by atoms with van der Waals surface area (Å²) in [5, 5.41) is 9.10. The molecule has 0 spiro atoms. The number of carboxylic acids is 1. The number of hydrogen-bond donors (Lipinski definition) is 1. The maximum Gasteiger partial charge on any atom is 0.308 e. The smallest absolute Gasteiger partial charge is 0.308 e. The molecule has 2 rings (SSSR count). The van der Waals surface area contributed by atoms with Crippen LogP contribution in [0.3, 0.4) is 0 Å². The van der Waals surface area contributed by atoms with Gasteiger partial charge in [-0.3, -0.25) is 14.4 Å². The van der Waals surface area contributed by atoms with Crippen molar-refractivity contribution in [3.8, 4) is 5.75 Å². The van der Waals surface area contributed by atoms with Crippen molar-refractivity contribution in [2.75, 3.05) is 26.7 Å². The van der Waals surface area contributed by atoms with Crippen molar-refractivity contribution in [2.45, 2.75) is 25.9 Å². The monoisotopic (exact) mass is 348 g/mol. The molecule has 1 aromatic rings. The second kappa shape index (κ2) is 8.50. The number of hydrogen-bond acceptors (Lipinski definition) is 4. The van der Waals surface area contributed by atoms with Crippen LogP contribution in [0.15, 0.2) is 30.3 Å². The Kier molecular flexibility index (Phi) is 6.38. The van der Waals surface area contributed by atoms with Gasteiger partial charge in [0.25, 0.3) is 5.91 Å². The average Bonchev–Trinajstić information content (AvgIpc) is 2.61. The molecule has 2 atom stereocenters. The van der Waals surface area contributed by atoms with Gasteiger partial charge in [0, 0.05) is 20.1 Å². The van der Waals surface area contributed by atoms with Crippen molar-refractivity contribution in [2.24, 2.45) is 5.92 Å². The summed E-state index contributed by atoms with van der Waals surface area (Å²) in [5.41, 5.74) is 0. The molecule has 1 aliphatic heterocycles. The number of nitrogens with zero attached hydrogens (tertiary/aromatic N) is 2. The van der Waals surface area contributed by atoms with Crippen molar-refractivity contribution >= 4 is 17.8 Å². The van der Waals surface area contributed by atoms with Gasteiger partial charge in [-0.25, -0.2) is 0 Å². The fourth-order valence-corrected chi connectivity index (χ4v) is 2.85. The molecule has 1 saturated heterocycles. The number of rotatable bonds is 6. The summed E-state index contributed by atoms with van der Waals surface area (Å²) in [6.45, 7) is 2.28. The largest absolute Gasteiger partial charge is 0.481 e. The fraction of sp³-hybridized carbons (Fsp3) is 0.500. The molecule has 25 heavy (non-hydrogen) atoms. The molecule has 2 unspecified atom stereocenters. The zero-order chi connectivity index (χ0) is 18.4. The summed E-state index contributed by atoms with van der Waals surface area (Å²) >= 11 is 0. The fourth-order valence-electron chi connectivity index (χ4n) is 2.85. The summed E-state index contributed by atoms with van der Waals surface area (Å²) < 4.78 is 5.58. The Balaban J connectivity index is 1.87. The van der Waals surface area contributed by atoms with Crippen LogP contribution in [0.1, 0.15) is 19.8 Å². The summed E-state index contributed by atoms with van der Waals surface area (Å²) in [4.78, 5) is 38.7. The Morgan fingerprint density at radius 3 is 2.64 bits per heavy atom. The third-order valence-corrected chi connectivity index (χ3v) is 4.28. The second-order valence-corrected chi connectivity index (χ2v) is 6.28. The van der Waals surface area contributed by atoms with Crippen LogP contribution < -0.4 is 4.74 Å². The highest BCUT2D eigenvalue weighted by Crippen LogP contribution is 2.17. The highest BCUT2D eigenvalue weighted by atomic mass is 16.5. The van der Waals surface area contributed by atoms with E-state index in [1.54, 1.807) is 26.1 Å². The van der Waals surface area contributed by atoms with Crippen molar-refractivity contribution in [1.82, 2.24) is 9.80 Å². The minimum atomic E-state index is -0.883. The van der Waals surface area contributed by atoms with Gasteiger partial charge in [0.05, 0.1) is 12.5 Å². The number of benzene rings is 1. The van der Waals surface area contributed by atoms with E-state index < -0.39 is 18.0 Å². The molecule has 0 aliphatic carbocycles. The van der Waals surface area contributed by atoms with Crippen LogP contribution in [0.2, 0.25) is 0 Å². The van der Waals surface area contributed by atoms with Crippen LogP contribution in [-0.4, -0.2) is 65.5 Å². The molecule has 0 radical (unpaired) electrons. The first kappa shape index (κ1) is 18.8. The SMILES string of the molecule is CC(Oc1ccccc1)C(=O)N(C)CC(=O)N1CCCC(C(=O)O)C1. The van der Waals surface area contributed by atoms with Crippen molar-refractivity contribution in [3.63, 3.8) is 0 Å². The van der Waals surface area contributed by atoms with E-state index in [1.807, 2.05) is 18.2 Å². The first-order valence-corrected chi connectivity index (χ1v) is 8.35. The lowest BCUT2D eigenvalue weighted by atomic mass is 9.98. The standard InChI is InChI=1S/C18H24N2O5/c1-13(25-15-8-4-3-5-9-15)17(22)19(2)12-16(21)20-10-6-7-14(11-20)18(23)24/h3-5,8-9,13-14H,6-7,10-12H2,1-2H3,(H,23,24). The molecule has 136 valence electrons. The van der Waals surface area contributed by atoms with Crippen LogP contribution in [0.5, 0.6) is 5.75 Å². The molecular formula is C18H24N2O5. The maximum atomic E-state index is 12.4. The number of carbonyl (C=O) groups is 3. The minimum Gasteiger partial charge on any atom is -0.481 e. The Morgan fingerprint density at radius 1 is 1.32 bits per heavy atom. The van der Waals surface area contributed by atoms with E-state index in [0.717, 1.165) is 0 Å². The molecule has 0 saturated carbocycles. The van der Waals surface area contributed by atoms with Crippen LogP contribution in [0, 0.1) is 5.92 Å². The molecule has 1 aliphatic rings. The number of amides is 2. The normalized spacial score (nSPS) is 18.3. The Hall–Kier alpha value is -2.57. The maximum absolute atomic E-state index is 12.4. The third-order valence-electron chi connectivity index (χ3n) is 4.28. The Bertz CT molecular complexity index is 619. The number of carboxylic acid groups (broad SMARTS) is 1. The molecule has 1 fully saturated rings. The van der Waals surface area contributed by atoms with Gasteiger partial charge in [-0.2, -0.15) is 0 Å². The van der Waals surface area contributed by atoms with E-state index in [4.69, 9.17) is 9.84 Å². The van der Waals surface area contributed by atoms with Crippen LogP contribution in [-0.2, 0) is 14.4 Å². The molecular weight excluding hydrogens is 324 g/mol. The summed E-state index contributed by atoms with van der Waals surface area (Å²) in [6, 6.07) is 9.00. The zero-order valence-electron chi connectivity index (χ0n) is 14.6. The number of piperidine rings is 1. The highest BCUT2D eigenvalue weighted by molar-refractivity contribution is 5.87. The van der Waals surface area contributed by atoms with Crippen molar-refractivity contribution in [1.29, 1.82) is 0 Å². The van der Waals surface area contributed by atoms with E-state index in [9.17, 15) is 14.4 Å². The molecule has 1 heterocycles. The quantitative estimate of drug-likeness (QED) is 0.836. The molecule has 7 heteroatoms. The molecule has 0 aromatic heterocycles. The highest BCUT2D eigenvalue weighted by Gasteiger charge is 2.29. The molecule has 7 nitrogen and oxygen atoms in total. The van der Waals surface area contributed by atoms with E-state index in [-0.39, 0.29) is 24.9 Å². The number of para-hydroxylation sites is 1. The lowest BCUT2D eigenvalue weighted by Crippen LogP contribution is -2.48. The third kappa shape index (κ3) is 5.20. The van der Waals surface area contributed by atoms with Gasteiger partial charge in [0.1, 0.15) is 5.75 Å². The Morgan fingerprint density at radius 2 is 2.00 bits per heavy atom. The number of ether oxygens (including phenoxy) is 1. The van der Waals surface area contributed by atoms with Crippen LogP contribution >= 0.6 is 0 Å². The summed E-state index contributed by atoms with van der Waals surface area (Å²) in [6.07, 6.45) is 0.525. The average molecular weight is 348 g/mol. The molecule has 2 amide bonds. The van der Waals surface area contributed by atoms with Crippen molar-refractivity contribution < 1.29 is 24.2 Å². The molecule has 1 N–H and O–H groups in total. The zero-order valence-corrected chi connectivity index (χ0v) is 14.6. The van der Waals surface area contributed by atoms with E-state index >= 15 is 0 Å². The lowest BCUT2D eigenvalue weighted by molar-refractivity contribution is -0.148. The Labute approximate surface area is 147 Å². The summed E-state index contributed by atoms with van der Waals surface area (Å²) in [7, 11) is 1.55. The van der Waals surface area contributed by atoms with Gasteiger partial charge in [0.15, 0.2) is 6.10 Å². The van der Waals surface area contributed by atoms with Crippen LogP contribution in [0.4, 0.5) is 0 Å². The van der Waals surface area contributed by atoms with E-state index in [0.29, 0.717) is 25.1 Å². The topological polar surface area (TPSA) is 87.2 Å². The van der Waals surface area contributed by atoms with Gasteiger partial charge in [-0.1, -0.05) is 18.2 Å². The first-order chi connectivity index (χ1) is 11.9. The van der Waals surface area contributed by atoms with Crippen LogP contribution in [0.25, 0.3) is 0 Å².